The van der Waals surface area contributed by atoms with Crippen molar-refractivity contribution in [1.29, 1.82) is 0 Å². The van der Waals surface area contributed by atoms with Gasteiger partial charge in [0, 0.05) is 10.6 Å². The molecule has 0 saturated heterocycles. The molecule has 3 aromatic rings. The van der Waals surface area contributed by atoms with Gasteiger partial charge in [0.1, 0.15) is 0 Å². The second kappa shape index (κ2) is 8.46. The average Bonchev–Trinajstić information content (AvgIpc) is 3.28. The molecule has 128 valence electrons. The van der Waals surface area contributed by atoms with E-state index >= 15 is 0 Å². The average molecular weight is 371 g/mol. The zero-order valence-corrected chi connectivity index (χ0v) is 15.0. The molecule has 7 heteroatoms. The quantitative estimate of drug-likeness (QED) is 0.604. The minimum absolute atomic E-state index is 0.0236. The molecule has 0 bridgehead atoms. The summed E-state index contributed by atoms with van der Waals surface area (Å²) in [6.45, 7) is 0.555. The van der Waals surface area contributed by atoms with Crippen molar-refractivity contribution >= 4 is 45.3 Å². The highest BCUT2D eigenvalue weighted by Gasteiger charge is 2.06. The number of hydrogen-bond donors (Lipinski definition) is 3. The number of nitrogens with one attached hydrogen (secondary N) is 3. The molecule has 3 rings (SSSR count). The summed E-state index contributed by atoms with van der Waals surface area (Å²) in [5, 5.41) is 13.1. The Hall–Kier alpha value is -2.64. The summed E-state index contributed by atoms with van der Waals surface area (Å²) < 4.78 is 0. The van der Waals surface area contributed by atoms with E-state index in [2.05, 4.69) is 16.0 Å². The van der Waals surface area contributed by atoms with Crippen LogP contribution >= 0.6 is 22.7 Å². The Morgan fingerprint density at radius 2 is 1.64 bits per heavy atom. The third-order valence-corrected chi connectivity index (χ3v) is 5.04. The summed E-state index contributed by atoms with van der Waals surface area (Å²) >= 11 is 3.08. The first-order valence-corrected chi connectivity index (χ1v) is 9.44. The topological polar surface area (TPSA) is 70.2 Å². The van der Waals surface area contributed by atoms with Crippen LogP contribution in [-0.2, 0) is 17.8 Å². The van der Waals surface area contributed by atoms with Crippen LogP contribution < -0.4 is 16.0 Å². The molecule has 25 heavy (non-hydrogen) atoms. The van der Waals surface area contributed by atoms with E-state index in [0.29, 0.717) is 18.7 Å². The minimum atomic E-state index is -0.288. The molecule has 0 aliphatic rings. The van der Waals surface area contributed by atoms with Crippen LogP contribution in [-0.4, -0.2) is 11.9 Å². The Kier molecular flexibility index (Phi) is 5.81. The van der Waals surface area contributed by atoms with Gasteiger partial charge in [-0.2, -0.15) is 0 Å². The van der Waals surface area contributed by atoms with Crippen LogP contribution in [0.5, 0.6) is 0 Å². The van der Waals surface area contributed by atoms with E-state index < -0.39 is 0 Å². The molecule has 0 aliphatic carbocycles. The number of amides is 3. The molecule has 1 aromatic carbocycles. The lowest BCUT2D eigenvalue weighted by atomic mass is 10.1. The zero-order valence-electron chi connectivity index (χ0n) is 13.3. The summed E-state index contributed by atoms with van der Waals surface area (Å²) in [6.07, 6.45) is 0.313. The number of benzene rings is 1. The predicted octanol–water partition coefficient (Wildman–Crippen LogP) is 4.31. The number of hydrogen-bond acceptors (Lipinski definition) is 4. The number of anilines is 2. The molecule has 0 radical (unpaired) electrons. The maximum absolute atomic E-state index is 12.0. The van der Waals surface area contributed by atoms with E-state index in [1.807, 2.05) is 47.2 Å². The Morgan fingerprint density at radius 1 is 0.880 bits per heavy atom. The van der Waals surface area contributed by atoms with Crippen LogP contribution in [0.15, 0.2) is 59.3 Å². The molecule has 5 nitrogen and oxygen atoms in total. The van der Waals surface area contributed by atoms with E-state index in [1.165, 1.54) is 11.3 Å². The van der Waals surface area contributed by atoms with Gasteiger partial charge >= 0.3 is 6.03 Å². The van der Waals surface area contributed by atoms with Crippen molar-refractivity contribution in [3.05, 3.63) is 69.7 Å². The molecule has 0 unspecified atom stereocenters. The normalized spacial score (nSPS) is 10.2. The van der Waals surface area contributed by atoms with Gasteiger partial charge in [-0.15, -0.1) is 22.7 Å². The number of rotatable bonds is 6. The van der Waals surface area contributed by atoms with Crippen molar-refractivity contribution in [1.82, 2.24) is 5.32 Å². The highest BCUT2D eigenvalue weighted by molar-refractivity contribution is 7.14. The van der Waals surface area contributed by atoms with Crippen molar-refractivity contribution in [3.8, 4) is 0 Å². The fourth-order valence-corrected chi connectivity index (χ4v) is 3.43. The lowest BCUT2D eigenvalue weighted by molar-refractivity contribution is -0.120. The van der Waals surface area contributed by atoms with Crippen molar-refractivity contribution < 1.29 is 9.59 Å². The molecule has 3 N–H and O–H groups in total. The second-order valence-corrected chi connectivity index (χ2v) is 7.27. The fourth-order valence-electron chi connectivity index (χ4n) is 2.18. The third kappa shape index (κ3) is 5.44. The first kappa shape index (κ1) is 17.2. The molecule has 2 aromatic heterocycles. The van der Waals surface area contributed by atoms with Gasteiger partial charge in [0.15, 0.2) is 0 Å². The lowest BCUT2D eigenvalue weighted by Crippen LogP contribution is -2.24. The van der Waals surface area contributed by atoms with Gasteiger partial charge in [-0.25, -0.2) is 4.79 Å². The first-order valence-electron chi connectivity index (χ1n) is 7.68. The summed E-state index contributed by atoms with van der Waals surface area (Å²) in [5.41, 5.74) is 1.57. The maximum atomic E-state index is 12.0. The fraction of sp³-hybridized carbons (Fsp3) is 0.111. The molecular weight excluding hydrogens is 354 g/mol. The van der Waals surface area contributed by atoms with Crippen molar-refractivity contribution in [2.75, 3.05) is 10.6 Å². The molecule has 0 aliphatic heterocycles. The van der Waals surface area contributed by atoms with E-state index in [9.17, 15) is 9.59 Å². The Labute approximate surface area is 153 Å². The van der Waals surface area contributed by atoms with Crippen LogP contribution in [0, 0.1) is 0 Å². The largest absolute Gasteiger partial charge is 0.351 e. The van der Waals surface area contributed by atoms with Crippen molar-refractivity contribution in [3.63, 3.8) is 0 Å². The van der Waals surface area contributed by atoms with Gasteiger partial charge in [-0.1, -0.05) is 18.2 Å². The SMILES string of the molecule is O=C(Cc1ccc(NC(=O)Nc2cccs2)cc1)NCc1cccs1. The van der Waals surface area contributed by atoms with Gasteiger partial charge in [-0.3, -0.25) is 10.1 Å². The van der Waals surface area contributed by atoms with Crippen molar-refractivity contribution in [2.45, 2.75) is 13.0 Å². The summed E-state index contributed by atoms with van der Waals surface area (Å²) in [6, 6.07) is 14.6. The molecule has 0 saturated carbocycles. The van der Waals surface area contributed by atoms with Gasteiger partial charge in [0.05, 0.1) is 18.0 Å². The molecule has 0 fully saturated rings. The Bertz CT molecular complexity index is 813. The van der Waals surface area contributed by atoms with Crippen LogP contribution in [0.2, 0.25) is 0 Å². The minimum Gasteiger partial charge on any atom is -0.351 e. The van der Waals surface area contributed by atoms with Crippen LogP contribution in [0.1, 0.15) is 10.4 Å². The Balaban J connectivity index is 1.46. The molecule has 0 atom stereocenters. The number of thiophene rings is 2. The third-order valence-electron chi connectivity index (χ3n) is 3.37. The van der Waals surface area contributed by atoms with Crippen LogP contribution in [0.3, 0.4) is 0 Å². The highest BCUT2D eigenvalue weighted by Crippen LogP contribution is 2.16. The van der Waals surface area contributed by atoms with E-state index in [0.717, 1.165) is 15.4 Å². The van der Waals surface area contributed by atoms with E-state index in [4.69, 9.17) is 0 Å². The number of urea groups is 1. The Morgan fingerprint density at radius 3 is 2.32 bits per heavy atom. The lowest BCUT2D eigenvalue weighted by Gasteiger charge is -2.07. The smallest absolute Gasteiger partial charge is 0.324 e. The maximum Gasteiger partial charge on any atom is 0.324 e. The number of carbonyl (C=O) groups is 2. The van der Waals surface area contributed by atoms with Gasteiger partial charge in [0.25, 0.3) is 0 Å². The molecular formula is C18H17N3O2S2. The molecule has 2 heterocycles. The van der Waals surface area contributed by atoms with Gasteiger partial charge < -0.3 is 10.6 Å². The van der Waals surface area contributed by atoms with Crippen molar-refractivity contribution in [2.24, 2.45) is 0 Å². The predicted molar refractivity (Wildman–Crippen MR) is 103 cm³/mol. The summed E-state index contributed by atoms with van der Waals surface area (Å²) in [7, 11) is 0. The van der Waals surface area contributed by atoms with Gasteiger partial charge in [0.2, 0.25) is 5.91 Å². The van der Waals surface area contributed by atoms with Crippen LogP contribution in [0.4, 0.5) is 15.5 Å². The molecule has 0 spiro atoms. The van der Waals surface area contributed by atoms with E-state index in [-0.39, 0.29) is 11.9 Å². The first-order chi connectivity index (χ1) is 12.2. The van der Waals surface area contributed by atoms with E-state index in [1.54, 1.807) is 23.5 Å². The van der Waals surface area contributed by atoms with Crippen LogP contribution in [0.25, 0.3) is 0 Å². The summed E-state index contributed by atoms with van der Waals surface area (Å²) in [4.78, 5) is 25.0. The molecule has 3 amide bonds. The monoisotopic (exact) mass is 371 g/mol. The number of carbonyl (C=O) groups excluding carboxylic acids is 2. The summed E-state index contributed by atoms with van der Waals surface area (Å²) in [5.74, 6) is -0.0236. The van der Waals surface area contributed by atoms with Gasteiger partial charge in [-0.05, 0) is 46.7 Å². The highest BCUT2D eigenvalue weighted by atomic mass is 32.1. The standard InChI is InChI=1S/C18H17N3O2S2/c22-16(19-12-15-3-1-9-24-15)11-13-5-7-14(8-6-13)20-18(23)21-17-4-2-10-25-17/h1-10H,11-12H2,(H,19,22)(H2,20,21,23). The second-order valence-electron chi connectivity index (χ2n) is 5.29. The zero-order chi connectivity index (χ0) is 17.5.